The number of imide groups is 1. The normalized spacial score (nSPS) is 16.8. The fourth-order valence-electron chi connectivity index (χ4n) is 4.64. The zero-order chi connectivity index (χ0) is 33.0. The molecule has 246 valence electrons. The first-order chi connectivity index (χ1) is 21.4. The molecule has 3 rings (SSSR count). The van der Waals surface area contributed by atoms with Crippen molar-refractivity contribution >= 4 is 35.4 Å². The third-order valence-corrected chi connectivity index (χ3v) is 6.95. The number of amides is 5. The molecule has 0 saturated carbocycles. The van der Waals surface area contributed by atoms with E-state index < -0.39 is 29.7 Å². The number of carbonyl (C=O) groups excluding carboxylic acids is 5. The predicted molar refractivity (Wildman–Crippen MR) is 160 cm³/mol. The summed E-state index contributed by atoms with van der Waals surface area (Å²) in [5.74, 6) is -1.49. The molecule has 0 aliphatic carbocycles. The van der Waals surface area contributed by atoms with Crippen molar-refractivity contribution in [2.24, 2.45) is 5.11 Å². The van der Waals surface area contributed by atoms with Gasteiger partial charge in [0.1, 0.15) is 11.6 Å². The third-order valence-electron chi connectivity index (χ3n) is 6.95. The predicted octanol–water partition coefficient (Wildman–Crippen LogP) is 2.37. The number of carbonyl (C=O) groups is 5. The molecule has 1 aromatic rings. The van der Waals surface area contributed by atoms with Crippen molar-refractivity contribution in [3.8, 4) is 0 Å². The first-order valence-corrected chi connectivity index (χ1v) is 14.7. The molecule has 1 fully saturated rings. The number of nitrogens with zero attached hydrogens (tertiary/aromatic N) is 5. The Morgan fingerprint density at radius 3 is 2.53 bits per heavy atom. The van der Waals surface area contributed by atoms with Gasteiger partial charge in [-0.1, -0.05) is 11.2 Å². The van der Waals surface area contributed by atoms with Crippen molar-refractivity contribution < 1.29 is 42.9 Å². The summed E-state index contributed by atoms with van der Waals surface area (Å²) in [6, 6.07) is 3.78. The van der Waals surface area contributed by atoms with Gasteiger partial charge in [-0.3, -0.25) is 24.5 Å². The number of hydrogen-bond donors (Lipinski definition) is 2. The highest BCUT2D eigenvalue weighted by atomic mass is 16.6. The first kappa shape index (κ1) is 35.2. The number of hydrogen-bond acceptors (Lipinski definition) is 10. The number of anilines is 1. The van der Waals surface area contributed by atoms with Crippen LogP contribution in [0.2, 0.25) is 0 Å². The molecule has 2 N–H and O–H groups in total. The Morgan fingerprint density at radius 1 is 1.13 bits per heavy atom. The van der Waals surface area contributed by atoms with Crippen LogP contribution < -0.4 is 10.6 Å². The van der Waals surface area contributed by atoms with Crippen molar-refractivity contribution in [1.82, 2.24) is 15.1 Å². The molecule has 16 heteroatoms. The van der Waals surface area contributed by atoms with Crippen LogP contribution in [-0.2, 0) is 39.9 Å². The topological polar surface area (TPSA) is 202 Å². The number of fused-ring (bicyclic) bond motifs is 1. The quantitative estimate of drug-likeness (QED) is 0.0903. The van der Waals surface area contributed by atoms with E-state index in [2.05, 4.69) is 20.7 Å². The Morgan fingerprint density at radius 2 is 1.84 bits per heavy atom. The lowest BCUT2D eigenvalue weighted by Crippen LogP contribution is -2.52. The Kier molecular flexibility index (Phi) is 13.1. The lowest BCUT2D eigenvalue weighted by molar-refractivity contribution is -0.137. The van der Waals surface area contributed by atoms with Crippen LogP contribution in [0.15, 0.2) is 23.3 Å². The number of azide groups is 1. The molecule has 2 heterocycles. The zero-order valence-electron chi connectivity index (χ0n) is 26.1. The van der Waals surface area contributed by atoms with E-state index in [9.17, 15) is 24.0 Å². The van der Waals surface area contributed by atoms with Gasteiger partial charge in [-0.05, 0) is 44.9 Å². The molecule has 1 aromatic carbocycles. The Hall–Kier alpha value is -4.24. The van der Waals surface area contributed by atoms with Crippen molar-refractivity contribution in [3.63, 3.8) is 0 Å². The highest BCUT2D eigenvalue weighted by Gasteiger charge is 2.40. The highest BCUT2D eigenvalue weighted by molar-refractivity contribution is 6.06. The fourth-order valence-corrected chi connectivity index (χ4v) is 4.64. The summed E-state index contributed by atoms with van der Waals surface area (Å²) in [6.45, 7) is 6.58. The van der Waals surface area contributed by atoms with Gasteiger partial charge >= 0.3 is 6.09 Å². The molecule has 2 aliphatic rings. The van der Waals surface area contributed by atoms with Crippen LogP contribution in [0.1, 0.15) is 56.0 Å². The van der Waals surface area contributed by atoms with Gasteiger partial charge in [-0.25, -0.2) is 4.79 Å². The van der Waals surface area contributed by atoms with Gasteiger partial charge in [0.05, 0.1) is 52.1 Å². The Balaban J connectivity index is 1.41. The van der Waals surface area contributed by atoms with Crippen LogP contribution in [-0.4, -0.2) is 110 Å². The molecular weight excluding hydrogens is 590 g/mol. The van der Waals surface area contributed by atoms with Crippen LogP contribution >= 0.6 is 0 Å². The number of piperidine rings is 1. The molecule has 2 atom stereocenters. The molecule has 5 amide bonds. The average Bonchev–Trinajstić information content (AvgIpc) is 3.31. The minimum Gasteiger partial charge on any atom is -0.444 e. The average molecular weight is 632 g/mol. The molecule has 45 heavy (non-hydrogen) atoms. The Bertz CT molecular complexity index is 1290. The molecular formula is C29H41N7O9. The minimum absolute atomic E-state index is 0.0531. The second kappa shape index (κ2) is 16.7. The van der Waals surface area contributed by atoms with E-state index in [1.807, 2.05) is 0 Å². The summed E-state index contributed by atoms with van der Waals surface area (Å²) in [5, 5.41) is 8.51. The second-order valence-corrected chi connectivity index (χ2v) is 11.5. The molecule has 0 spiro atoms. The summed E-state index contributed by atoms with van der Waals surface area (Å²) >= 11 is 0. The van der Waals surface area contributed by atoms with Crippen LogP contribution in [0.4, 0.5) is 10.5 Å². The van der Waals surface area contributed by atoms with E-state index in [0.717, 1.165) is 0 Å². The molecule has 1 saturated heterocycles. The maximum atomic E-state index is 13.0. The zero-order valence-corrected chi connectivity index (χ0v) is 26.1. The van der Waals surface area contributed by atoms with Gasteiger partial charge < -0.3 is 34.1 Å². The summed E-state index contributed by atoms with van der Waals surface area (Å²) in [6.07, 6.45) is -0.0731. The highest BCUT2D eigenvalue weighted by Crippen LogP contribution is 2.32. The van der Waals surface area contributed by atoms with Crippen LogP contribution in [0.25, 0.3) is 10.4 Å². The standard InChI is InChI=1S/C29H41N7O9/c1-29(2,3)45-28(41)35(4)19(17-43-13-11-31-34-30)18-44-15-14-42-12-10-25(38)32-22-7-5-6-20-21(22)16-36(27(20)40)23-8-9-24(37)33-26(23)39/h5-7,19,23H,8-18H2,1-4H3,(H,32,38)(H,33,37,39). The van der Waals surface area contributed by atoms with E-state index in [4.69, 9.17) is 24.5 Å². The summed E-state index contributed by atoms with van der Waals surface area (Å²) in [5.41, 5.74) is 9.22. The van der Waals surface area contributed by atoms with Crippen LogP contribution in [0.5, 0.6) is 0 Å². The van der Waals surface area contributed by atoms with Crippen molar-refractivity contribution in [3.05, 3.63) is 39.8 Å². The number of likely N-dealkylation sites (N-methyl/N-ethyl adjacent to an activating group) is 1. The van der Waals surface area contributed by atoms with Gasteiger partial charge in [0.25, 0.3) is 5.91 Å². The lowest BCUT2D eigenvalue weighted by atomic mass is 10.0. The molecule has 2 unspecified atom stereocenters. The van der Waals surface area contributed by atoms with Crippen LogP contribution in [0, 0.1) is 0 Å². The summed E-state index contributed by atoms with van der Waals surface area (Å²) < 4.78 is 22.2. The van der Waals surface area contributed by atoms with Gasteiger partial charge in [0.2, 0.25) is 17.7 Å². The second-order valence-electron chi connectivity index (χ2n) is 11.5. The fraction of sp³-hybridized carbons (Fsp3) is 0.621. The number of benzene rings is 1. The molecule has 2 aliphatic heterocycles. The number of ether oxygens (including phenoxy) is 4. The largest absolute Gasteiger partial charge is 0.444 e. The smallest absolute Gasteiger partial charge is 0.410 e. The van der Waals surface area contributed by atoms with Gasteiger partial charge in [0, 0.05) is 48.3 Å². The maximum absolute atomic E-state index is 13.0. The van der Waals surface area contributed by atoms with E-state index in [1.165, 1.54) is 9.80 Å². The maximum Gasteiger partial charge on any atom is 0.410 e. The monoisotopic (exact) mass is 631 g/mol. The van der Waals surface area contributed by atoms with E-state index >= 15 is 0 Å². The molecule has 0 aromatic heterocycles. The molecule has 0 radical (unpaired) electrons. The first-order valence-electron chi connectivity index (χ1n) is 14.7. The summed E-state index contributed by atoms with van der Waals surface area (Å²) in [4.78, 5) is 67.4. The van der Waals surface area contributed by atoms with Crippen molar-refractivity contribution in [2.45, 2.75) is 64.3 Å². The number of nitrogens with one attached hydrogen (secondary N) is 2. The summed E-state index contributed by atoms with van der Waals surface area (Å²) in [7, 11) is 1.58. The van der Waals surface area contributed by atoms with E-state index in [1.54, 1.807) is 46.0 Å². The van der Waals surface area contributed by atoms with Crippen LogP contribution in [0.3, 0.4) is 0 Å². The molecule has 16 nitrogen and oxygen atoms in total. The van der Waals surface area contributed by atoms with Crippen molar-refractivity contribution in [1.29, 1.82) is 0 Å². The van der Waals surface area contributed by atoms with Crippen molar-refractivity contribution in [2.75, 3.05) is 58.6 Å². The number of rotatable bonds is 16. The van der Waals surface area contributed by atoms with Gasteiger partial charge in [0.15, 0.2) is 0 Å². The third kappa shape index (κ3) is 10.7. The van der Waals surface area contributed by atoms with E-state index in [0.29, 0.717) is 16.8 Å². The van der Waals surface area contributed by atoms with Gasteiger partial charge in [-0.15, -0.1) is 0 Å². The Labute approximate surface area is 261 Å². The minimum atomic E-state index is -0.744. The van der Waals surface area contributed by atoms with Gasteiger partial charge in [-0.2, -0.15) is 0 Å². The molecule has 0 bridgehead atoms. The SMILES string of the molecule is CN(C(=O)OC(C)(C)C)C(COCCN=[N+]=[N-])COCCOCCC(=O)Nc1cccc2c1CN(C1CCC(=O)NC1=O)C2=O. The lowest BCUT2D eigenvalue weighted by Gasteiger charge is -2.30. The van der Waals surface area contributed by atoms with E-state index in [-0.39, 0.29) is 89.7 Å².